The van der Waals surface area contributed by atoms with Crippen molar-refractivity contribution < 1.29 is 13.5 Å². The van der Waals surface area contributed by atoms with Crippen molar-refractivity contribution in [2.24, 2.45) is 11.1 Å². The first kappa shape index (κ1) is 17.1. The van der Waals surface area contributed by atoms with E-state index < -0.39 is 20.5 Å². The number of sulfone groups is 1. The van der Waals surface area contributed by atoms with Crippen LogP contribution in [0.25, 0.3) is 0 Å². The van der Waals surface area contributed by atoms with Crippen molar-refractivity contribution in [2.45, 2.75) is 29.9 Å². The van der Waals surface area contributed by atoms with Crippen LogP contribution >= 0.6 is 0 Å². The molecule has 3 N–H and O–H groups in total. The van der Waals surface area contributed by atoms with Gasteiger partial charge in [0.1, 0.15) is 0 Å². The number of nitrogens with two attached hydrogens (primary N) is 1. The zero-order valence-corrected chi connectivity index (χ0v) is 14.8. The number of aryl methyl sites for hydroxylation is 2. The fraction of sp³-hybridized carbons (Fsp3) is 0.368. The molecule has 0 aliphatic heterocycles. The standard InChI is InChI=1S/C19H23NO3S/c1-13-3-7-15(8-4-13)17-18(19(17,11-20)12-21)24(22,23)16-9-5-14(2)6-10-16/h3-10,17-18,21H,11-12,20H2,1-2H3/t17-,18-,19-/m0/s1. The quantitative estimate of drug-likeness (QED) is 0.870. The molecule has 0 bridgehead atoms. The minimum atomic E-state index is -3.56. The van der Waals surface area contributed by atoms with E-state index in [0.717, 1.165) is 16.7 Å². The number of rotatable bonds is 5. The Hall–Kier alpha value is -1.69. The van der Waals surface area contributed by atoms with Gasteiger partial charge in [-0.25, -0.2) is 8.42 Å². The van der Waals surface area contributed by atoms with Gasteiger partial charge in [-0.1, -0.05) is 47.5 Å². The van der Waals surface area contributed by atoms with E-state index in [1.54, 1.807) is 24.3 Å². The monoisotopic (exact) mass is 345 g/mol. The summed E-state index contributed by atoms with van der Waals surface area (Å²) < 4.78 is 26.2. The van der Waals surface area contributed by atoms with Crippen molar-refractivity contribution in [1.29, 1.82) is 0 Å². The molecular weight excluding hydrogens is 322 g/mol. The van der Waals surface area contributed by atoms with Crippen molar-refractivity contribution in [3.05, 3.63) is 65.2 Å². The van der Waals surface area contributed by atoms with Crippen LogP contribution in [0.5, 0.6) is 0 Å². The molecule has 3 rings (SSSR count). The molecule has 0 unspecified atom stereocenters. The van der Waals surface area contributed by atoms with Crippen LogP contribution in [-0.2, 0) is 9.84 Å². The highest BCUT2D eigenvalue weighted by Crippen LogP contribution is 2.63. The van der Waals surface area contributed by atoms with Crippen molar-refractivity contribution in [1.82, 2.24) is 0 Å². The Labute approximate surface area is 143 Å². The van der Waals surface area contributed by atoms with Crippen molar-refractivity contribution in [2.75, 3.05) is 13.2 Å². The van der Waals surface area contributed by atoms with E-state index in [0.29, 0.717) is 4.90 Å². The molecule has 24 heavy (non-hydrogen) atoms. The maximum absolute atomic E-state index is 13.1. The van der Waals surface area contributed by atoms with Gasteiger partial charge in [-0.05, 0) is 31.5 Å². The summed E-state index contributed by atoms with van der Waals surface area (Å²) >= 11 is 0. The van der Waals surface area contributed by atoms with Gasteiger partial charge in [0.2, 0.25) is 0 Å². The molecule has 3 atom stereocenters. The second kappa shape index (κ2) is 5.99. The SMILES string of the molecule is Cc1ccc([C@H]2[C@H](S(=O)(=O)c3ccc(C)cc3)[C@@]2(CN)CO)cc1. The number of aliphatic hydroxyl groups excluding tert-OH is 1. The Morgan fingerprint density at radius 3 is 1.96 bits per heavy atom. The molecule has 2 aromatic rings. The Kier molecular flexibility index (Phi) is 4.28. The molecule has 4 nitrogen and oxygen atoms in total. The summed E-state index contributed by atoms with van der Waals surface area (Å²) in [4.78, 5) is 0.291. The summed E-state index contributed by atoms with van der Waals surface area (Å²) in [6, 6.07) is 14.6. The van der Waals surface area contributed by atoms with Crippen LogP contribution in [-0.4, -0.2) is 31.9 Å². The first-order chi connectivity index (χ1) is 11.4. The van der Waals surface area contributed by atoms with E-state index in [4.69, 9.17) is 5.73 Å². The maximum atomic E-state index is 13.1. The molecule has 128 valence electrons. The highest BCUT2D eigenvalue weighted by atomic mass is 32.2. The molecule has 0 aromatic heterocycles. The maximum Gasteiger partial charge on any atom is 0.182 e. The number of hydrogen-bond acceptors (Lipinski definition) is 4. The summed E-state index contributed by atoms with van der Waals surface area (Å²) in [5.74, 6) is -0.278. The van der Waals surface area contributed by atoms with Crippen molar-refractivity contribution in [3.8, 4) is 0 Å². The molecule has 1 fully saturated rings. The zero-order valence-electron chi connectivity index (χ0n) is 13.9. The molecule has 5 heteroatoms. The van der Waals surface area contributed by atoms with Crippen LogP contribution in [0.1, 0.15) is 22.6 Å². The van der Waals surface area contributed by atoms with Gasteiger partial charge in [0.15, 0.2) is 9.84 Å². The van der Waals surface area contributed by atoms with Crippen LogP contribution in [0.15, 0.2) is 53.4 Å². The molecule has 0 heterocycles. The van der Waals surface area contributed by atoms with Gasteiger partial charge < -0.3 is 10.8 Å². The van der Waals surface area contributed by atoms with E-state index in [2.05, 4.69) is 0 Å². The van der Waals surface area contributed by atoms with E-state index in [1.165, 1.54) is 0 Å². The first-order valence-corrected chi connectivity index (χ1v) is 9.59. The lowest BCUT2D eigenvalue weighted by molar-refractivity contribution is 0.212. The molecule has 0 radical (unpaired) electrons. The van der Waals surface area contributed by atoms with Gasteiger partial charge in [0, 0.05) is 17.9 Å². The van der Waals surface area contributed by atoms with Gasteiger partial charge in [0.05, 0.1) is 16.8 Å². The van der Waals surface area contributed by atoms with Crippen LogP contribution < -0.4 is 5.73 Å². The number of benzene rings is 2. The molecule has 1 aliphatic carbocycles. The van der Waals surface area contributed by atoms with E-state index in [9.17, 15) is 13.5 Å². The van der Waals surface area contributed by atoms with E-state index in [1.807, 2.05) is 38.1 Å². The van der Waals surface area contributed by atoms with E-state index >= 15 is 0 Å². The lowest BCUT2D eigenvalue weighted by Crippen LogP contribution is -2.27. The van der Waals surface area contributed by atoms with Crippen LogP contribution in [0.3, 0.4) is 0 Å². The lowest BCUT2D eigenvalue weighted by Gasteiger charge is -2.12. The van der Waals surface area contributed by atoms with Crippen molar-refractivity contribution >= 4 is 9.84 Å². The average Bonchev–Trinajstić information content (AvgIpc) is 3.26. The summed E-state index contributed by atoms with van der Waals surface area (Å²) in [7, 11) is -3.56. The van der Waals surface area contributed by atoms with Gasteiger partial charge in [-0.15, -0.1) is 0 Å². The highest BCUT2D eigenvalue weighted by molar-refractivity contribution is 7.92. The Morgan fingerprint density at radius 1 is 1.00 bits per heavy atom. The highest BCUT2D eigenvalue weighted by Gasteiger charge is 2.70. The smallest absolute Gasteiger partial charge is 0.182 e. The average molecular weight is 345 g/mol. The second-order valence-corrected chi connectivity index (χ2v) is 8.83. The molecule has 1 saturated carbocycles. The second-order valence-electron chi connectivity index (χ2n) is 6.76. The van der Waals surface area contributed by atoms with Gasteiger partial charge in [-0.3, -0.25) is 0 Å². The van der Waals surface area contributed by atoms with Gasteiger partial charge in [-0.2, -0.15) is 0 Å². The van der Waals surface area contributed by atoms with Crippen LogP contribution in [0.2, 0.25) is 0 Å². The number of hydrogen-bond donors (Lipinski definition) is 2. The minimum Gasteiger partial charge on any atom is -0.396 e. The molecule has 0 spiro atoms. The summed E-state index contributed by atoms with van der Waals surface area (Å²) in [6.07, 6.45) is 0. The van der Waals surface area contributed by atoms with Gasteiger partial charge >= 0.3 is 0 Å². The fourth-order valence-electron chi connectivity index (χ4n) is 3.59. The zero-order chi connectivity index (χ0) is 17.5. The third-order valence-corrected chi connectivity index (χ3v) is 7.51. The predicted molar refractivity (Wildman–Crippen MR) is 94.6 cm³/mol. The summed E-state index contributed by atoms with van der Waals surface area (Å²) in [5, 5.41) is 9.23. The first-order valence-electron chi connectivity index (χ1n) is 8.05. The molecule has 1 aliphatic rings. The molecule has 0 saturated heterocycles. The normalized spacial score (nSPS) is 26.3. The molecular formula is C19H23NO3S. The predicted octanol–water partition coefficient (Wildman–Crippen LogP) is 2.18. The summed E-state index contributed by atoms with van der Waals surface area (Å²) in [6.45, 7) is 3.80. The third-order valence-electron chi connectivity index (χ3n) is 5.17. The van der Waals surface area contributed by atoms with E-state index in [-0.39, 0.29) is 19.1 Å². The number of aliphatic hydroxyl groups is 1. The Bertz CT molecular complexity index is 822. The summed E-state index contributed by atoms with van der Waals surface area (Å²) in [5.41, 5.74) is 8.13. The minimum absolute atomic E-state index is 0.137. The topological polar surface area (TPSA) is 80.4 Å². The molecule has 0 amide bonds. The van der Waals surface area contributed by atoms with Crippen LogP contribution in [0.4, 0.5) is 0 Å². The lowest BCUT2D eigenvalue weighted by atomic mass is 9.99. The third kappa shape index (κ3) is 2.57. The Balaban J connectivity index is 2.04. The van der Waals surface area contributed by atoms with Gasteiger partial charge in [0.25, 0.3) is 0 Å². The fourth-order valence-corrected chi connectivity index (χ4v) is 6.04. The van der Waals surface area contributed by atoms with Crippen molar-refractivity contribution in [3.63, 3.8) is 0 Å². The molecule has 2 aromatic carbocycles. The van der Waals surface area contributed by atoms with Crippen LogP contribution in [0, 0.1) is 19.3 Å². The largest absolute Gasteiger partial charge is 0.396 e. The Morgan fingerprint density at radius 2 is 1.50 bits per heavy atom.